The SMILES string of the molecule is C/C=C\O[C@H]1O[C@H](COC)[C@@H](C)[C@H](OCC[C@@H](CCCCCCC)OC)[C@H]1C. The number of unbranched alkanes of at least 4 members (excludes halogenated alkanes) is 4. The molecule has 0 aromatic rings. The predicted molar refractivity (Wildman–Crippen MR) is 113 cm³/mol. The van der Waals surface area contributed by atoms with Crippen LogP contribution in [-0.4, -0.2) is 52.0 Å². The van der Waals surface area contributed by atoms with Gasteiger partial charge in [0.2, 0.25) is 6.29 Å². The van der Waals surface area contributed by atoms with Gasteiger partial charge in [0.15, 0.2) is 0 Å². The van der Waals surface area contributed by atoms with Crippen molar-refractivity contribution in [2.24, 2.45) is 11.8 Å². The second-order valence-electron chi connectivity index (χ2n) is 8.01. The van der Waals surface area contributed by atoms with Crippen LogP contribution in [0.1, 0.15) is 72.6 Å². The third-order valence-corrected chi connectivity index (χ3v) is 5.75. The summed E-state index contributed by atoms with van der Waals surface area (Å²) in [5.41, 5.74) is 0. The van der Waals surface area contributed by atoms with Gasteiger partial charge in [-0.3, -0.25) is 0 Å². The molecule has 1 heterocycles. The first-order chi connectivity index (χ1) is 13.6. The molecule has 0 aromatic heterocycles. The molecule has 0 aromatic carbocycles. The van der Waals surface area contributed by atoms with Crippen molar-refractivity contribution in [3.63, 3.8) is 0 Å². The highest BCUT2D eigenvalue weighted by molar-refractivity contribution is 4.87. The van der Waals surface area contributed by atoms with Gasteiger partial charge in [-0.25, -0.2) is 0 Å². The van der Waals surface area contributed by atoms with E-state index in [2.05, 4.69) is 20.8 Å². The van der Waals surface area contributed by atoms with Crippen LogP contribution in [0.15, 0.2) is 12.3 Å². The molecule has 6 atom stereocenters. The van der Waals surface area contributed by atoms with Gasteiger partial charge in [0.25, 0.3) is 0 Å². The largest absolute Gasteiger partial charge is 0.472 e. The Bertz CT molecular complexity index is 400. The predicted octanol–water partition coefficient (Wildman–Crippen LogP) is 5.33. The summed E-state index contributed by atoms with van der Waals surface area (Å²) in [5.74, 6) is 0.393. The van der Waals surface area contributed by atoms with Crippen LogP contribution in [0.25, 0.3) is 0 Å². The molecule has 28 heavy (non-hydrogen) atoms. The molecular formula is C23H44O5. The molecule has 1 aliphatic rings. The summed E-state index contributed by atoms with van der Waals surface area (Å²) in [6.07, 6.45) is 12.1. The van der Waals surface area contributed by atoms with E-state index in [0.717, 1.165) is 12.8 Å². The average Bonchev–Trinajstić information content (AvgIpc) is 2.70. The summed E-state index contributed by atoms with van der Waals surface area (Å²) in [6.45, 7) is 9.74. The smallest absolute Gasteiger partial charge is 0.204 e. The van der Waals surface area contributed by atoms with Crippen LogP contribution in [0.2, 0.25) is 0 Å². The van der Waals surface area contributed by atoms with Crippen LogP contribution in [0.4, 0.5) is 0 Å². The van der Waals surface area contributed by atoms with Crippen LogP contribution in [0.5, 0.6) is 0 Å². The lowest BCUT2D eigenvalue weighted by molar-refractivity contribution is -0.260. The summed E-state index contributed by atoms with van der Waals surface area (Å²) >= 11 is 0. The van der Waals surface area contributed by atoms with E-state index in [0.29, 0.717) is 13.2 Å². The number of allylic oxidation sites excluding steroid dienone is 1. The monoisotopic (exact) mass is 400 g/mol. The van der Waals surface area contributed by atoms with Gasteiger partial charge in [-0.15, -0.1) is 0 Å². The van der Waals surface area contributed by atoms with Gasteiger partial charge in [0.1, 0.15) is 0 Å². The van der Waals surface area contributed by atoms with E-state index in [1.54, 1.807) is 13.4 Å². The quantitative estimate of drug-likeness (QED) is 0.275. The number of hydrogen-bond acceptors (Lipinski definition) is 5. The van der Waals surface area contributed by atoms with E-state index in [1.165, 1.54) is 32.1 Å². The molecule has 0 bridgehead atoms. The first-order valence-corrected chi connectivity index (χ1v) is 11.1. The van der Waals surface area contributed by atoms with Gasteiger partial charge in [0.05, 0.1) is 31.2 Å². The Kier molecular flexibility index (Phi) is 13.8. The molecule has 0 aliphatic carbocycles. The standard InChI is InChI=1S/C23H44O5/c1-7-9-10-11-12-13-20(25-6)14-16-26-22-18(3)21(17-24-5)28-23(19(22)4)27-15-8-2/h8,15,18-23H,7,9-14,16-17H2,1-6H3/b15-8-/t18-,19-,20-,21-,22+,23+/m1/s1. The Morgan fingerprint density at radius 3 is 2.39 bits per heavy atom. The van der Waals surface area contributed by atoms with Crippen LogP contribution < -0.4 is 0 Å². The van der Waals surface area contributed by atoms with Crippen molar-refractivity contribution in [3.05, 3.63) is 12.3 Å². The van der Waals surface area contributed by atoms with E-state index < -0.39 is 0 Å². The second kappa shape index (κ2) is 15.3. The molecule has 0 spiro atoms. The molecule has 0 saturated carbocycles. The lowest BCUT2D eigenvalue weighted by Crippen LogP contribution is -2.52. The topological polar surface area (TPSA) is 46.2 Å². The van der Waals surface area contributed by atoms with E-state index in [9.17, 15) is 0 Å². The fourth-order valence-corrected chi connectivity index (χ4v) is 3.93. The number of ether oxygens (including phenoxy) is 5. The lowest BCUT2D eigenvalue weighted by Gasteiger charge is -2.43. The maximum absolute atomic E-state index is 6.35. The number of hydrogen-bond donors (Lipinski definition) is 0. The second-order valence-corrected chi connectivity index (χ2v) is 8.01. The molecule has 0 radical (unpaired) electrons. The van der Waals surface area contributed by atoms with Gasteiger partial charge in [-0.2, -0.15) is 0 Å². The number of rotatable bonds is 15. The van der Waals surface area contributed by atoms with Crippen molar-refractivity contribution in [2.75, 3.05) is 27.4 Å². The molecule has 5 heteroatoms. The Morgan fingerprint density at radius 2 is 1.75 bits per heavy atom. The zero-order chi connectivity index (χ0) is 20.8. The molecule has 1 aliphatic heterocycles. The van der Waals surface area contributed by atoms with Crippen LogP contribution >= 0.6 is 0 Å². The summed E-state index contributed by atoms with van der Waals surface area (Å²) < 4.78 is 29.3. The molecule has 166 valence electrons. The molecular weight excluding hydrogens is 356 g/mol. The summed E-state index contributed by atoms with van der Waals surface area (Å²) in [6, 6.07) is 0. The minimum atomic E-state index is -0.311. The van der Waals surface area contributed by atoms with E-state index >= 15 is 0 Å². The van der Waals surface area contributed by atoms with Gasteiger partial charge < -0.3 is 23.7 Å². The van der Waals surface area contributed by atoms with Crippen molar-refractivity contribution < 1.29 is 23.7 Å². The van der Waals surface area contributed by atoms with Crippen molar-refractivity contribution in [3.8, 4) is 0 Å². The molecule has 5 nitrogen and oxygen atoms in total. The molecule has 1 saturated heterocycles. The Labute approximate surface area is 173 Å². The highest BCUT2D eigenvalue weighted by Crippen LogP contribution is 2.33. The van der Waals surface area contributed by atoms with Crippen molar-refractivity contribution in [1.29, 1.82) is 0 Å². The van der Waals surface area contributed by atoms with E-state index in [1.807, 2.05) is 20.1 Å². The Hall–Kier alpha value is -0.620. The fourth-order valence-electron chi connectivity index (χ4n) is 3.93. The highest BCUT2D eigenvalue weighted by Gasteiger charge is 2.43. The van der Waals surface area contributed by atoms with Gasteiger partial charge in [-0.1, -0.05) is 59.0 Å². The van der Waals surface area contributed by atoms with Crippen LogP contribution in [-0.2, 0) is 23.7 Å². The van der Waals surface area contributed by atoms with Gasteiger partial charge >= 0.3 is 0 Å². The molecule has 0 unspecified atom stereocenters. The van der Waals surface area contributed by atoms with E-state index in [-0.39, 0.29) is 36.4 Å². The maximum Gasteiger partial charge on any atom is 0.204 e. The zero-order valence-electron chi connectivity index (χ0n) is 19.0. The maximum atomic E-state index is 6.35. The minimum Gasteiger partial charge on any atom is -0.472 e. The van der Waals surface area contributed by atoms with Crippen LogP contribution in [0, 0.1) is 11.8 Å². The number of methoxy groups -OCH3 is 2. The van der Waals surface area contributed by atoms with Gasteiger partial charge in [-0.05, 0) is 19.8 Å². The average molecular weight is 401 g/mol. The first-order valence-electron chi connectivity index (χ1n) is 11.1. The fraction of sp³-hybridized carbons (Fsp3) is 0.913. The molecule has 0 amide bonds. The lowest BCUT2D eigenvalue weighted by atomic mass is 9.85. The van der Waals surface area contributed by atoms with Crippen molar-refractivity contribution >= 4 is 0 Å². The van der Waals surface area contributed by atoms with E-state index in [4.69, 9.17) is 23.7 Å². The van der Waals surface area contributed by atoms with Crippen molar-refractivity contribution in [1.82, 2.24) is 0 Å². The summed E-state index contributed by atoms with van der Waals surface area (Å²) in [4.78, 5) is 0. The third kappa shape index (κ3) is 8.81. The Balaban J connectivity index is 2.50. The normalized spacial score (nSPS) is 29.3. The Morgan fingerprint density at radius 1 is 1.00 bits per heavy atom. The van der Waals surface area contributed by atoms with Gasteiger partial charge in [0, 0.05) is 32.7 Å². The van der Waals surface area contributed by atoms with Crippen molar-refractivity contribution in [2.45, 2.75) is 97.2 Å². The third-order valence-electron chi connectivity index (χ3n) is 5.75. The summed E-state index contributed by atoms with van der Waals surface area (Å²) in [5, 5.41) is 0. The minimum absolute atomic E-state index is 0.0294. The zero-order valence-corrected chi connectivity index (χ0v) is 19.0. The summed E-state index contributed by atoms with van der Waals surface area (Å²) in [7, 11) is 3.52. The molecule has 1 fully saturated rings. The van der Waals surface area contributed by atoms with Crippen LogP contribution in [0.3, 0.4) is 0 Å². The molecule has 1 rings (SSSR count). The highest BCUT2D eigenvalue weighted by atomic mass is 16.7. The molecule has 0 N–H and O–H groups in total. The first kappa shape index (κ1) is 25.4.